The Kier molecular flexibility index (Phi) is 6.55. The van der Waals surface area contributed by atoms with E-state index in [1.807, 2.05) is 6.92 Å². The predicted molar refractivity (Wildman–Crippen MR) is 73.1 cm³/mol. The van der Waals surface area contributed by atoms with Gasteiger partial charge in [-0.15, -0.1) is 0 Å². The normalized spacial score (nSPS) is 10.3. The summed E-state index contributed by atoms with van der Waals surface area (Å²) >= 11 is 9.15. The van der Waals surface area contributed by atoms with E-state index in [0.717, 1.165) is 10.9 Å². The summed E-state index contributed by atoms with van der Waals surface area (Å²) in [6.07, 6.45) is 0. The molecular weight excluding hydrogens is 305 g/mol. The molecule has 0 saturated heterocycles. The van der Waals surface area contributed by atoms with Crippen LogP contribution in [0.4, 0.5) is 0 Å². The van der Waals surface area contributed by atoms with Crippen LogP contribution >= 0.6 is 27.5 Å². The van der Waals surface area contributed by atoms with Crippen LogP contribution in [0.25, 0.3) is 0 Å². The number of halogens is 2. The molecule has 1 aromatic carbocycles. The number of ether oxygens (including phenoxy) is 1. The number of alkyl halides is 1. The Bertz CT molecular complexity index is 385. The maximum absolute atomic E-state index is 11.7. The van der Waals surface area contributed by atoms with E-state index in [1.165, 1.54) is 0 Å². The van der Waals surface area contributed by atoms with Gasteiger partial charge in [0.25, 0.3) is 5.91 Å². The average Bonchev–Trinajstić information content (AvgIpc) is 2.32. The van der Waals surface area contributed by atoms with Crippen molar-refractivity contribution in [3.63, 3.8) is 0 Å². The monoisotopic (exact) mass is 319 g/mol. The molecule has 0 aromatic heterocycles. The predicted octanol–water partition coefficient (Wildman–Crippen LogP) is 2.79. The number of carbonyl (C=O) groups is 1. The maximum atomic E-state index is 11.7. The number of carbonyl (C=O) groups excluding carboxylic acids is 1. The molecule has 0 aliphatic rings. The van der Waals surface area contributed by atoms with E-state index in [4.69, 9.17) is 16.3 Å². The van der Waals surface area contributed by atoms with Gasteiger partial charge in [-0.05, 0) is 30.7 Å². The summed E-state index contributed by atoms with van der Waals surface area (Å²) in [5.74, 6) is -0.104. The van der Waals surface area contributed by atoms with E-state index in [2.05, 4.69) is 21.2 Å². The van der Waals surface area contributed by atoms with E-state index in [0.29, 0.717) is 30.3 Å². The lowest BCUT2D eigenvalue weighted by Crippen LogP contribution is -2.27. The first kappa shape index (κ1) is 14.5. The molecule has 94 valence electrons. The summed E-state index contributed by atoms with van der Waals surface area (Å²) in [6, 6.07) is 5.22. The van der Waals surface area contributed by atoms with Crippen LogP contribution in [0.5, 0.6) is 0 Å². The maximum Gasteiger partial charge on any atom is 0.251 e. The van der Waals surface area contributed by atoms with Crippen molar-refractivity contribution in [2.75, 3.05) is 25.1 Å². The van der Waals surface area contributed by atoms with Gasteiger partial charge in [0.05, 0.1) is 13.2 Å². The number of amides is 1. The molecule has 0 fully saturated rings. The number of hydrogen-bond acceptors (Lipinski definition) is 2. The van der Waals surface area contributed by atoms with Crippen molar-refractivity contribution < 1.29 is 9.53 Å². The number of rotatable bonds is 6. The first-order valence-electron chi connectivity index (χ1n) is 5.33. The fraction of sp³-hybridized carbons (Fsp3) is 0.417. The third-order valence-electron chi connectivity index (χ3n) is 2.17. The van der Waals surface area contributed by atoms with E-state index in [1.54, 1.807) is 18.2 Å². The Morgan fingerprint density at radius 2 is 2.24 bits per heavy atom. The second kappa shape index (κ2) is 7.69. The first-order valence-corrected chi connectivity index (χ1v) is 6.83. The van der Waals surface area contributed by atoms with E-state index in [-0.39, 0.29) is 5.91 Å². The van der Waals surface area contributed by atoms with E-state index < -0.39 is 0 Å². The van der Waals surface area contributed by atoms with Gasteiger partial charge in [-0.2, -0.15) is 0 Å². The zero-order valence-corrected chi connectivity index (χ0v) is 12.0. The zero-order chi connectivity index (χ0) is 12.7. The number of aryl methyl sites for hydroxylation is 1. The largest absolute Gasteiger partial charge is 0.379 e. The fourth-order valence-corrected chi connectivity index (χ4v) is 1.63. The molecule has 0 aliphatic carbocycles. The Morgan fingerprint density at radius 1 is 1.47 bits per heavy atom. The molecule has 1 aromatic rings. The molecule has 1 N–H and O–H groups in total. The number of hydrogen-bond donors (Lipinski definition) is 1. The van der Waals surface area contributed by atoms with Gasteiger partial charge in [-0.1, -0.05) is 27.5 Å². The van der Waals surface area contributed by atoms with Gasteiger partial charge in [-0.3, -0.25) is 4.79 Å². The van der Waals surface area contributed by atoms with Crippen molar-refractivity contribution in [3.8, 4) is 0 Å². The molecule has 3 nitrogen and oxygen atoms in total. The lowest BCUT2D eigenvalue weighted by molar-refractivity contribution is 0.0924. The summed E-state index contributed by atoms with van der Waals surface area (Å²) in [5.41, 5.74) is 1.52. The molecule has 0 bridgehead atoms. The molecule has 0 heterocycles. The molecule has 0 unspecified atom stereocenters. The molecule has 0 saturated carbocycles. The third kappa shape index (κ3) is 5.06. The van der Waals surface area contributed by atoms with Crippen molar-refractivity contribution in [2.24, 2.45) is 0 Å². The summed E-state index contributed by atoms with van der Waals surface area (Å²) in [6.45, 7) is 3.55. The number of nitrogens with one attached hydrogen (secondary N) is 1. The van der Waals surface area contributed by atoms with Gasteiger partial charge in [0, 0.05) is 22.5 Å². The highest BCUT2D eigenvalue weighted by Crippen LogP contribution is 2.15. The summed E-state index contributed by atoms with van der Waals surface area (Å²) < 4.78 is 5.23. The molecular formula is C12H15BrClNO2. The highest BCUT2D eigenvalue weighted by molar-refractivity contribution is 9.09. The van der Waals surface area contributed by atoms with Gasteiger partial charge in [0.1, 0.15) is 0 Å². The first-order chi connectivity index (χ1) is 8.15. The summed E-state index contributed by atoms with van der Waals surface area (Å²) in [5, 5.41) is 4.25. The minimum Gasteiger partial charge on any atom is -0.379 e. The molecule has 17 heavy (non-hydrogen) atoms. The Hall–Kier alpha value is -0.580. The van der Waals surface area contributed by atoms with Gasteiger partial charge in [-0.25, -0.2) is 0 Å². The lowest BCUT2D eigenvalue weighted by atomic mass is 10.1. The molecule has 0 radical (unpaired) electrons. The van der Waals surface area contributed by atoms with Gasteiger partial charge in [0.2, 0.25) is 0 Å². The minimum atomic E-state index is -0.104. The van der Waals surface area contributed by atoms with E-state index in [9.17, 15) is 4.79 Å². The second-order valence-electron chi connectivity index (χ2n) is 3.52. The summed E-state index contributed by atoms with van der Waals surface area (Å²) in [7, 11) is 0. The van der Waals surface area contributed by atoms with Crippen LogP contribution in [0.1, 0.15) is 15.9 Å². The average molecular weight is 321 g/mol. The highest BCUT2D eigenvalue weighted by atomic mass is 79.9. The third-order valence-corrected chi connectivity index (χ3v) is 2.92. The minimum absolute atomic E-state index is 0.104. The van der Waals surface area contributed by atoms with Gasteiger partial charge >= 0.3 is 0 Å². The molecule has 1 rings (SSSR count). The van der Waals surface area contributed by atoms with Crippen LogP contribution in [0.15, 0.2) is 18.2 Å². The zero-order valence-electron chi connectivity index (χ0n) is 9.63. The second-order valence-corrected chi connectivity index (χ2v) is 4.72. The Morgan fingerprint density at radius 3 is 2.88 bits per heavy atom. The fourth-order valence-electron chi connectivity index (χ4n) is 1.28. The van der Waals surface area contributed by atoms with Gasteiger partial charge < -0.3 is 10.1 Å². The Balaban J connectivity index is 2.39. The van der Waals surface area contributed by atoms with Crippen molar-refractivity contribution in [1.29, 1.82) is 0 Å². The van der Waals surface area contributed by atoms with Crippen LogP contribution in [0.2, 0.25) is 5.02 Å². The standard InChI is InChI=1S/C12H15BrClNO2/c1-9-8-10(2-3-11(9)14)12(16)15-5-7-17-6-4-13/h2-3,8H,4-7H2,1H3,(H,15,16). The van der Waals surface area contributed by atoms with Crippen LogP contribution in [0, 0.1) is 6.92 Å². The smallest absolute Gasteiger partial charge is 0.251 e. The SMILES string of the molecule is Cc1cc(C(=O)NCCOCCBr)ccc1Cl. The molecule has 0 aliphatic heterocycles. The lowest BCUT2D eigenvalue weighted by Gasteiger charge is -2.06. The summed E-state index contributed by atoms with van der Waals surface area (Å²) in [4.78, 5) is 11.7. The van der Waals surface area contributed by atoms with Crippen molar-refractivity contribution in [2.45, 2.75) is 6.92 Å². The Labute approximate surface area is 115 Å². The van der Waals surface area contributed by atoms with Crippen molar-refractivity contribution in [1.82, 2.24) is 5.32 Å². The topological polar surface area (TPSA) is 38.3 Å². The van der Waals surface area contributed by atoms with Crippen LogP contribution < -0.4 is 5.32 Å². The van der Waals surface area contributed by atoms with Crippen molar-refractivity contribution >= 4 is 33.4 Å². The van der Waals surface area contributed by atoms with Crippen molar-refractivity contribution in [3.05, 3.63) is 34.3 Å². The van der Waals surface area contributed by atoms with Crippen LogP contribution in [-0.4, -0.2) is 31.0 Å². The molecule has 5 heteroatoms. The van der Waals surface area contributed by atoms with E-state index >= 15 is 0 Å². The molecule has 1 amide bonds. The van der Waals surface area contributed by atoms with Gasteiger partial charge in [0.15, 0.2) is 0 Å². The molecule has 0 spiro atoms. The quantitative estimate of drug-likeness (QED) is 0.646. The number of benzene rings is 1. The van der Waals surface area contributed by atoms with Crippen LogP contribution in [-0.2, 0) is 4.74 Å². The van der Waals surface area contributed by atoms with Crippen LogP contribution in [0.3, 0.4) is 0 Å². The molecule has 0 atom stereocenters. The highest BCUT2D eigenvalue weighted by Gasteiger charge is 2.06.